The van der Waals surface area contributed by atoms with Crippen LogP contribution in [-0.4, -0.2) is 57.7 Å². The molecular formula is C26H35N5O2. The van der Waals surface area contributed by atoms with Crippen molar-refractivity contribution in [2.75, 3.05) is 19.7 Å². The highest BCUT2D eigenvalue weighted by atomic mass is 16.5. The first-order chi connectivity index (χ1) is 16.1. The number of pyridine rings is 2. The van der Waals surface area contributed by atoms with Crippen LogP contribution in [0.1, 0.15) is 63.9 Å². The molecular weight excluding hydrogens is 414 g/mol. The molecule has 2 fully saturated rings. The van der Waals surface area contributed by atoms with E-state index < -0.39 is 0 Å². The average molecular weight is 450 g/mol. The molecule has 0 spiro atoms. The first-order valence-corrected chi connectivity index (χ1v) is 12.5. The maximum absolute atomic E-state index is 12.9. The zero-order valence-electron chi connectivity index (χ0n) is 19.7. The predicted molar refractivity (Wildman–Crippen MR) is 130 cm³/mol. The van der Waals surface area contributed by atoms with Gasteiger partial charge in [0.1, 0.15) is 0 Å². The molecule has 2 N–H and O–H groups in total. The van der Waals surface area contributed by atoms with E-state index in [2.05, 4.69) is 46.2 Å². The smallest absolute Gasteiger partial charge is 0.317 e. The van der Waals surface area contributed by atoms with Gasteiger partial charge in [-0.15, -0.1) is 0 Å². The van der Waals surface area contributed by atoms with Gasteiger partial charge in [-0.05, 0) is 68.1 Å². The van der Waals surface area contributed by atoms with E-state index in [1.807, 2.05) is 23.5 Å². The van der Waals surface area contributed by atoms with Crippen LogP contribution in [0.25, 0.3) is 21.9 Å². The third-order valence-electron chi connectivity index (χ3n) is 7.15. The van der Waals surface area contributed by atoms with Crippen molar-refractivity contribution >= 4 is 28.0 Å². The summed E-state index contributed by atoms with van der Waals surface area (Å²) in [5.41, 5.74) is 3.24. The summed E-state index contributed by atoms with van der Waals surface area (Å²) in [6.07, 6.45) is 12.1. The Kier molecular flexibility index (Phi) is 6.49. The Morgan fingerprint density at radius 3 is 2.88 bits per heavy atom. The van der Waals surface area contributed by atoms with Crippen LogP contribution in [0.3, 0.4) is 0 Å². The SMILES string of the molecule is CC(C)COC1CCCN(C(=O)NC2CCC(c3cc[nH]c4cnc5nccc5c34)CC2)C1. The zero-order valence-corrected chi connectivity index (χ0v) is 19.7. The number of ether oxygens (including phenoxy) is 1. The number of nitrogens with one attached hydrogen (secondary N) is 2. The molecule has 176 valence electrons. The van der Waals surface area contributed by atoms with Crippen LogP contribution in [0.2, 0.25) is 0 Å². The Morgan fingerprint density at radius 1 is 1.21 bits per heavy atom. The van der Waals surface area contributed by atoms with E-state index in [0.717, 1.165) is 68.2 Å². The van der Waals surface area contributed by atoms with Gasteiger partial charge in [0, 0.05) is 48.9 Å². The number of carbonyl (C=O) groups is 1. The van der Waals surface area contributed by atoms with Gasteiger partial charge in [0.15, 0.2) is 5.65 Å². The minimum absolute atomic E-state index is 0.0756. The first kappa shape index (κ1) is 22.1. The molecule has 4 heterocycles. The number of amides is 2. The summed E-state index contributed by atoms with van der Waals surface area (Å²) in [7, 11) is 0. The summed E-state index contributed by atoms with van der Waals surface area (Å²) >= 11 is 0. The maximum atomic E-state index is 12.9. The number of hydrogen-bond acceptors (Lipinski definition) is 4. The Morgan fingerprint density at radius 2 is 2.06 bits per heavy atom. The van der Waals surface area contributed by atoms with Gasteiger partial charge in [0.25, 0.3) is 0 Å². The summed E-state index contributed by atoms with van der Waals surface area (Å²) in [6, 6.07) is 4.59. The van der Waals surface area contributed by atoms with E-state index in [-0.39, 0.29) is 18.2 Å². The Bertz CT molecular complexity index is 1100. The molecule has 0 aromatic carbocycles. The second-order valence-corrected chi connectivity index (χ2v) is 10.1. The van der Waals surface area contributed by atoms with E-state index in [9.17, 15) is 4.79 Å². The van der Waals surface area contributed by atoms with Crippen LogP contribution in [-0.2, 0) is 4.74 Å². The van der Waals surface area contributed by atoms with Gasteiger partial charge in [-0.3, -0.25) is 0 Å². The van der Waals surface area contributed by atoms with E-state index in [4.69, 9.17) is 4.74 Å². The van der Waals surface area contributed by atoms with Gasteiger partial charge in [0.05, 0.1) is 17.8 Å². The van der Waals surface area contributed by atoms with Crippen LogP contribution in [0.5, 0.6) is 0 Å². The van der Waals surface area contributed by atoms with E-state index in [1.54, 1.807) is 0 Å². The quantitative estimate of drug-likeness (QED) is 0.575. The lowest BCUT2D eigenvalue weighted by molar-refractivity contribution is -0.00275. The van der Waals surface area contributed by atoms with Crippen LogP contribution in [0.4, 0.5) is 4.79 Å². The Labute approximate surface area is 195 Å². The monoisotopic (exact) mass is 449 g/mol. The van der Waals surface area contributed by atoms with Crippen molar-refractivity contribution in [1.29, 1.82) is 0 Å². The van der Waals surface area contributed by atoms with Crippen molar-refractivity contribution in [1.82, 2.24) is 25.2 Å². The molecule has 3 aromatic rings. The summed E-state index contributed by atoms with van der Waals surface area (Å²) in [5, 5.41) is 5.68. The average Bonchev–Trinajstić information content (AvgIpc) is 3.32. The third kappa shape index (κ3) is 4.83. The fraction of sp³-hybridized carbons (Fsp3) is 0.577. The first-order valence-electron chi connectivity index (χ1n) is 12.5. The molecule has 0 radical (unpaired) electrons. The number of rotatable bonds is 5. The highest BCUT2D eigenvalue weighted by Crippen LogP contribution is 2.38. The summed E-state index contributed by atoms with van der Waals surface area (Å²) in [4.78, 5) is 27.1. The molecule has 2 aliphatic rings. The topological polar surface area (TPSA) is 83.1 Å². The number of carbonyl (C=O) groups excluding carboxylic acids is 1. The minimum Gasteiger partial charge on any atom is -0.376 e. The number of hydrogen-bond donors (Lipinski definition) is 2. The summed E-state index contributed by atoms with van der Waals surface area (Å²) in [5.74, 6) is 1.01. The lowest BCUT2D eigenvalue weighted by atomic mass is 9.80. The lowest BCUT2D eigenvalue weighted by Crippen LogP contribution is -2.51. The third-order valence-corrected chi connectivity index (χ3v) is 7.15. The standard InChI is InChI=1S/C26H35N5O2/c1-17(2)16-33-20-4-3-13-31(15-20)26(32)30-19-7-5-18(6-8-19)21-9-11-27-23-14-29-25-22(24(21)23)10-12-28-25/h9-12,14,17-20,27H,3-8,13,15-16H2,1-2H3,(H,30,32). The fourth-order valence-electron chi connectivity index (χ4n) is 5.43. The molecule has 0 bridgehead atoms. The number of nitrogens with zero attached hydrogens (tertiary/aromatic N) is 3. The molecule has 1 saturated carbocycles. The maximum Gasteiger partial charge on any atom is 0.317 e. The van der Waals surface area contributed by atoms with Gasteiger partial charge in [-0.25, -0.2) is 14.8 Å². The number of aromatic nitrogens is 3. The molecule has 33 heavy (non-hydrogen) atoms. The molecule has 1 aliphatic carbocycles. The van der Waals surface area contributed by atoms with Crippen LogP contribution < -0.4 is 5.32 Å². The van der Waals surface area contributed by atoms with Crippen molar-refractivity contribution in [3.05, 3.63) is 36.3 Å². The van der Waals surface area contributed by atoms with Crippen LogP contribution in [0.15, 0.2) is 30.7 Å². The molecule has 1 aliphatic heterocycles. The molecule has 1 atom stereocenters. The van der Waals surface area contributed by atoms with Gasteiger partial charge in [0.2, 0.25) is 0 Å². The van der Waals surface area contributed by atoms with Gasteiger partial charge in [-0.2, -0.15) is 0 Å². The van der Waals surface area contributed by atoms with Gasteiger partial charge >= 0.3 is 6.03 Å². The molecule has 7 heteroatoms. The highest BCUT2D eigenvalue weighted by Gasteiger charge is 2.29. The molecule has 1 unspecified atom stereocenters. The molecule has 5 rings (SSSR count). The molecule has 7 nitrogen and oxygen atoms in total. The summed E-state index contributed by atoms with van der Waals surface area (Å²) < 4.78 is 6.00. The zero-order chi connectivity index (χ0) is 22.8. The van der Waals surface area contributed by atoms with Crippen molar-refractivity contribution < 1.29 is 9.53 Å². The highest BCUT2D eigenvalue weighted by molar-refractivity contribution is 6.05. The number of urea groups is 1. The van der Waals surface area contributed by atoms with Crippen molar-refractivity contribution in [3.8, 4) is 0 Å². The number of aromatic amines is 1. The minimum atomic E-state index is 0.0756. The normalized spacial score (nSPS) is 24.0. The van der Waals surface area contributed by atoms with E-state index >= 15 is 0 Å². The second-order valence-electron chi connectivity index (χ2n) is 10.1. The van der Waals surface area contributed by atoms with Crippen LogP contribution >= 0.6 is 0 Å². The van der Waals surface area contributed by atoms with Gasteiger partial charge < -0.3 is 19.9 Å². The number of fused-ring (bicyclic) bond motifs is 3. The Hall–Kier alpha value is -2.67. The predicted octanol–water partition coefficient (Wildman–Crippen LogP) is 4.98. The summed E-state index contributed by atoms with van der Waals surface area (Å²) in [6.45, 7) is 6.62. The second kappa shape index (κ2) is 9.67. The lowest BCUT2D eigenvalue weighted by Gasteiger charge is -2.35. The largest absolute Gasteiger partial charge is 0.376 e. The number of H-pyrrole nitrogens is 1. The van der Waals surface area contributed by atoms with E-state index in [0.29, 0.717) is 18.4 Å². The number of likely N-dealkylation sites (tertiary alicyclic amines) is 1. The molecule has 2 amide bonds. The molecule has 3 aromatic heterocycles. The van der Waals surface area contributed by atoms with Crippen molar-refractivity contribution in [3.63, 3.8) is 0 Å². The van der Waals surface area contributed by atoms with Crippen molar-refractivity contribution in [2.45, 2.75) is 70.4 Å². The van der Waals surface area contributed by atoms with Crippen molar-refractivity contribution in [2.24, 2.45) is 5.92 Å². The van der Waals surface area contributed by atoms with E-state index in [1.165, 1.54) is 10.9 Å². The van der Waals surface area contributed by atoms with Gasteiger partial charge in [-0.1, -0.05) is 13.8 Å². The van der Waals surface area contributed by atoms with Crippen LogP contribution in [0, 0.1) is 5.92 Å². The molecule has 1 saturated heterocycles. The fourth-order valence-corrected chi connectivity index (χ4v) is 5.43. The Balaban J connectivity index is 1.20. The number of piperidine rings is 1.